The van der Waals surface area contributed by atoms with Crippen LogP contribution in [0.25, 0.3) is 0 Å². The third-order valence-electron chi connectivity index (χ3n) is 2.77. The van der Waals surface area contributed by atoms with Crippen LogP contribution in [0, 0.1) is 0 Å². The largest absolute Gasteiger partial charge is 0.379 e. The van der Waals surface area contributed by atoms with E-state index in [4.69, 9.17) is 10.5 Å². The number of hydrogen-bond acceptors (Lipinski definition) is 5. The highest BCUT2D eigenvalue weighted by molar-refractivity contribution is 7.13. The van der Waals surface area contributed by atoms with Crippen molar-refractivity contribution >= 4 is 17.2 Å². The molecule has 1 fully saturated rings. The number of carbonyl (C=O) groups excluding carboxylic acids is 1. The topological polar surface area (TPSA) is 68.5 Å². The van der Waals surface area contributed by atoms with Crippen LogP contribution in [0.5, 0.6) is 0 Å². The summed E-state index contributed by atoms with van der Waals surface area (Å²) in [6.45, 7) is 4.77. The number of rotatable bonds is 5. The Morgan fingerprint density at radius 1 is 1.53 bits per heavy atom. The number of morpholine rings is 1. The molecule has 1 amide bonds. The average Bonchev–Trinajstić information content (AvgIpc) is 2.79. The molecule has 0 saturated carbocycles. The molecule has 0 aliphatic carbocycles. The normalized spacial score (nSPS) is 17.2. The molecule has 0 aromatic carbocycles. The van der Waals surface area contributed by atoms with Gasteiger partial charge in [-0.15, -0.1) is 11.3 Å². The molecule has 1 aliphatic heterocycles. The Morgan fingerprint density at radius 3 is 2.94 bits per heavy atom. The van der Waals surface area contributed by atoms with Gasteiger partial charge in [-0.2, -0.15) is 0 Å². The first-order valence-electron chi connectivity index (χ1n) is 5.80. The van der Waals surface area contributed by atoms with Gasteiger partial charge in [-0.3, -0.25) is 9.69 Å². The van der Waals surface area contributed by atoms with Gasteiger partial charge in [0.05, 0.1) is 24.4 Å². The van der Waals surface area contributed by atoms with Gasteiger partial charge < -0.3 is 10.5 Å². The van der Waals surface area contributed by atoms with Crippen LogP contribution in [0.4, 0.5) is 0 Å². The summed E-state index contributed by atoms with van der Waals surface area (Å²) >= 11 is 1.40. The lowest BCUT2D eigenvalue weighted by Gasteiger charge is -2.26. The van der Waals surface area contributed by atoms with E-state index < -0.39 is 0 Å². The molecule has 5 nitrogen and oxygen atoms in total. The third-order valence-corrected chi connectivity index (χ3v) is 3.84. The minimum atomic E-state index is -0.387. The van der Waals surface area contributed by atoms with Crippen molar-refractivity contribution in [2.45, 2.75) is 12.8 Å². The number of amides is 1. The molecule has 1 saturated heterocycles. The van der Waals surface area contributed by atoms with Crippen molar-refractivity contribution in [2.24, 2.45) is 5.73 Å². The van der Waals surface area contributed by atoms with E-state index in [9.17, 15) is 4.79 Å². The highest BCUT2D eigenvalue weighted by Gasteiger charge is 2.11. The molecule has 0 radical (unpaired) electrons. The summed E-state index contributed by atoms with van der Waals surface area (Å²) in [6, 6.07) is 0. The first-order chi connectivity index (χ1) is 8.25. The molecule has 0 unspecified atom stereocenters. The summed E-state index contributed by atoms with van der Waals surface area (Å²) in [5.74, 6) is -0.387. The second kappa shape index (κ2) is 6.09. The summed E-state index contributed by atoms with van der Waals surface area (Å²) in [6.07, 6.45) is 3.54. The molecule has 6 heteroatoms. The highest BCUT2D eigenvalue weighted by Crippen LogP contribution is 2.14. The fraction of sp³-hybridized carbons (Fsp3) is 0.636. The van der Waals surface area contributed by atoms with E-state index in [2.05, 4.69) is 9.88 Å². The second-order valence-corrected chi connectivity index (χ2v) is 5.16. The lowest BCUT2D eigenvalue weighted by Crippen LogP contribution is -2.36. The van der Waals surface area contributed by atoms with Crippen molar-refractivity contribution in [3.8, 4) is 0 Å². The molecule has 2 rings (SSSR count). The Labute approximate surface area is 105 Å². The highest BCUT2D eigenvalue weighted by atomic mass is 32.1. The van der Waals surface area contributed by atoms with Crippen LogP contribution in [0.2, 0.25) is 0 Å². The summed E-state index contributed by atoms with van der Waals surface area (Å²) in [4.78, 5) is 18.0. The van der Waals surface area contributed by atoms with Gasteiger partial charge in [-0.05, 0) is 13.0 Å². The molecule has 0 atom stereocenters. The first-order valence-corrected chi connectivity index (χ1v) is 6.62. The molecule has 1 aliphatic rings. The maximum absolute atomic E-state index is 10.9. The maximum Gasteiger partial charge on any atom is 0.260 e. The van der Waals surface area contributed by atoms with E-state index in [-0.39, 0.29) is 5.91 Å². The molecular weight excluding hydrogens is 238 g/mol. The number of carbonyl (C=O) groups is 1. The van der Waals surface area contributed by atoms with Crippen molar-refractivity contribution in [1.82, 2.24) is 9.88 Å². The zero-order chi connectivity index (χ0) is 12.1. The lowest BCUT2D eigenvalue weighted by atomic mass is 10.3. The number of ether oxygens (including phenoxy) is 1. The quantitative estimate of drug-likeness (QED) is 0.832. The van der Waals surface area contributed by atoms with Crippen LogP contribution < -0.4 is 5.73 Å². The van der Waals surface area contributed by atoms with Crippen molar-refractivity contribution in [2.75, 3.05) is 32.8 Å². The maximum atomic E-state index is 10.9. The Kier molecular flexibility index (Phi) is 4.47. The second-order valence-electron chi connectivity index (χ2n) is 4.04. The van der Waals surface area contributed by atoms with E-state index in [0.29, 0.717) is 4.88 Å². The molecule has 17 heavy (non-hydrogen) atoms. The molecule has 2 N–H and O–H groups in total. The molecule has 0 spiro atoms. The zero-order valence-electron chi connectivity index (χ0n) is 9.72. The van der Waals surface area contributed by atoms with Gasteiger partial charge in [-0.1, -0.05) is 0 Å². The van der Waals surface area contributed by atoms with Crippen LogP contribution in [-0.2, 0) is 11.2 Å². The molecule has 1 aromatic heterocycles. The zero-order valence-corrected chi connectivity index (χ0v) is 10.5. The Bertz CT molecular complexity index is 375. The number of nitrogens with zero attached hydrogens (tertiary/aromatic N) is 2. The number of aromatic nitrogens is 1. The van der Waals surface area contributed by atoms with E-state index in [1.165, 1.54) is 11.3 Å². The number of aryl methyl sites for hydroxylation is 1. The number of thiazole rings is 1. The fourth-order valence-electron chi connectivity index (χ4n) is 1.82. The van der Waals surface area contributed by atoms with Gasteiger partial charge in [0.1, 0.15) is 4.88 Å². The van der Waals surface area contributed by atoms with E-state index >= 15 is 0 Å². The fourth-order valence-corrected chi connectivity index (χ4v) is 2.63. The number of primary amides is 1. The van der Waals surface area contributed by atoms with Gasteiger partial charge in [0.2, 0.25) is 0 Å². The molecule has 94 valence electrons. The van der Waals surface area contributed by atoms with Gasteiger partial charge in [0.25, 0.3) is 5.91 Å². The Balaban J connectivity index is 1.71. The third kappa shape index (κ3) is 3.76. The van der Waals surface area contributed by atoms with Crippen molar-refractivity contribution < 1.29 is 9.53 Å². The van der Waals surface area contributed by atoms with E-state index in [1.54, 1.807) is 6.20 Å². The summed E-state index contributed by atoms with van der Waals surface area (Å²) in [5.41, 5.74) is 5.18. The van der Waals surface area contributed by atoms with E-state index in [0.717, 1.165) is 50.7 Å². The summed E-state index contributed by atoms with van der Waals surface area (Å²) in [7, 11) is 0. The van der Waals surface area contributed by atoms with Crippen molar-refractivity contribution in [3.05, 3.63) is 16.1 Å². The average molecular weight is 255 g/mol. The molecule has 2 heterocycles. The van der Waals surface area contributed by atoms with Crippen LogP contribution >= 0.6 is 11.3 Å². The van der Waals surface area contributed by atoms with Crippen LogP contribution in [0.15, 0.2) is 6.20 Å². The standard InChI is InChI=1S/C11H17N3O2S/c12-11(15)9-8-13-10(17-9)2-1-3-14-4-6-16-7-5-14/h8H,1-7H2,(H2,12,15). The molecule has 1 aromatic rings. The number of hydrogen-bond donors (Lipinski definition) is 1. The van der Waals surface area contributed by atoms with Crippen molar-refractivity contribution in [1.29, 1.82) is 0 Å². The van der Waals surface area contributed by atoms with Gasteiger partial charge >= 0.3 is 0 Å². The lowest BCUT2D eigenvalue weighted by molar-refractivity contribution is 0.0374. The predicted molar refractivity (Wildman–Crippen MR) is 66.2 cm³/mol. The monoisotopic (exact) mass is 255 g/mol. The van der Waals surface area contributed by atoms with Crippen LogP contribution in [-0.4, -0.2) is 48.6 Å². The van der Waals surface area contributed by atoms with E-state index in [1.807, 2.05) is 0 Å². The van der Waals surface area contributed by atoms with Gasteiger partial charge in [0, 0.05) is 19.5 Å². The Morgan fingerprint density at radius 2 is 2.29 bits per heavy atom. The molecular formula is C11H17N3O2S. The first kappa shape index (κ1) is 12.5. The summed E-state index contributed by atoms with van der Waals surface area (Å²) < 4.78 is 5.29. The SMILES string of the molecule is NC(=O)c1cnc(CCCN2CCOCC2)s1. The molecule has 0 bridgehead atoms. The van der Waals surface area contributed by atoms with Crippen LogP contribution in [0.1, 0.15) is 21.1 Å². The van der Waals surface area contributed by atoms with Gasteiger partial charge in [0.15, 0.2) is 0 Å². The smallest absolute Gasteiger partial charge is 0.260 e. The van der Waals surface area contributed by atoms with Crippen LogP contribution in [0.3, 0.4) is 0 Å². The minimum absolute atomic E-state index is 0.387. The minimum Gasteiger partial charge on any atom is -0.379 e. The predicted octanol–water partition coefficient (Wildman–Crippen LogP) is 0.507. The van der Waals surface area contributed by atoms with Gasteiger partial charge in [-0.25, -0.2) is 4.98 Å². The number of nitrogens with two attached hydrogens (primary N) is 1. The Hall–Kier alpha value is -0.980. The van der Waals surface area contributed by atoms with Crippen molar-refractivity contribution in [3.63, 3.8) is 0 Å². The summed E-state index contributed by atoms with van der Waals surface area (Å²) in [5, 5.41) is 0.993.